The van der Waals surface area contributed by atoms with E-state index < -0.39 is 5.41 Å². The molecule has 168 valence electrons. The number of nitrogens with one attached hydrogen (secondary N) is 1. The van der Waals surface area contributed by atoms with Crippen molar-refractivity contribution in [2.24, 2.45) is 0 Å². The lowest BCUT2D eigenvalue weighted by atomic mass is 9.94. The maximum absolute atomic E-state index is 13.0. The van der Waals surface area contributed by atoms with Gasteiger partial charge in [0, 0.05) is 23.3 Å². The molecule has 1 fully saturated rings. The van der Waals surface area contributed by atoms with Crippen LogP contribution in [-0.2, 0) is 10.2 Å². The fraction of sp³-hybridized carbons (Fsp3) is 0.333. The van der Waals surface area contributed by atoms with E-state index in [1.807, 2.05) is 70.2 Å². The van der Waals surface area contributed by atoms with Crippen LogP contribution in [0.4, 0.5) is 0 Å². The molecule has 1 heterocycles. The topological polar surface area (TPSA) is 64.6 Å². The van der Waals surface area contributed by atoms with Crippen molar-refractivity contribution in [3.8, 4) is 11.5 Å². The van der Waals surface area contributed by atoms with Crippen LogP contribution in [0.1, 0.15) is 62.9 Å². The summed E-state index contributed by atoms with van der Waals surface area (Å²) in [5, 5.41) is 3.03. The SMILES string of the molecule is CC.CC.O=C(C1=CC=C(NC(=O)C2(c3ccc4c(c3)OCO4)CC2)C1)c1ccccc1. The molecule has 5 heteroatoms. The Morgan fingerprint density at radius 3 is 2.25 bits per heavy atom. The first-order valence-electron chi connectivity index (χ1n) is 11.4. The Labute approximate surface area is 190 Å². The van der Waals surface area contributed by atoms with Crippen molar-refractivity contribution in [1.82, 2.24) is 5.32 Å². The monoisotopic (exact) mass is 433 g/mol. The van der Waals surface area contributed by atoms with Gasteiger partial charge in [-0.25, -0.2) is 0 Å². The van der Waals surface area contributed by atoms with Crippen molar-refractivity contribution < 1.29 is 19.1 Å². The molecule has 2 aromatic carbocycles. The number of hydrogen-bond donors (Lipinski definition) is 1. The molecule has 1 saturated carbocycles. The Morgan fingerprint density at radius 1 is 0.875 bits per heavy atom. The molecule has 1 amide bonds. The summed E-state index contributed by atoms with van der Waals surface area (Å²) in [7, 11) is 0. The van der Waals surface area contributed by atoms with Crippen molar-refractivity contribution in [1.29, 1.82) is 0 Å². The summed E-state index contributed by atoms with van der Waals surface area (Å²) < 4.78 is 10.8. The molecular formula is C27H31NO4. The molecule has 0 bridgehead atoms. The summed E-state index contributed by atoms with van der Waals surface area (Å²) in [6.45, 7) is 8.22. The molecule has 0 unspecified atom stereocenters. The van der Waals surface area contributed by atoms with Crippen LogP contribution < -0.4 is 14.8 Å². The standard InChI is InChI=1S/C23H19NO4.2C2H6/c25-21(15-4-2-1-3-5-15)16-6-8-18(12-16)24-22(26)23(10-11-23)17-7-9-19-20(13-17)28-14-27-19;2*1-2/h1-9,13H,10-12,14H2,(H,24,26);2*1-2H3. The van der Waals surface area contributed by atoms with Crippen LogP contribution >= 0.6 is 0 Å². The van der Waals surface area contributed by atoms with Gasteiger partial charge in [-0.3, -0.25) is 9.59 Å². The fourth-order valence-electron chi connectivity index (χ4n) is 3.77. The smallest absolute Gasteiger partial charge is 0.234 e. The normalized spacial score (nSPS) is 16.4. The fourth-order valence-corrected chi connectivity index (χ4v) is 3.77. The summed E-state index contributed by atoms with van der Waals surface area (Å²) in [4.78, 5) is 25.6. The van der Waals surface area contributed by atoms with E-state index in [0.29, 0.717) is 29.1 Å². The second-order valence-corrected chi connectivity index (χ2v) is 7.36. The van der Waals surface area contributed by atoms with Crippen LogP contribution in [0.25, 0.3) is 0 Å². The van der Waals surface area contributed by atoms with E-state index in [0.717, 1.165) is 24.1 Å². The molecule has 5 rings (SSSR count). The van der Waals surface area contributed by atoms with Gasteiger partial charge in [-0.1, -0.05) is 70.2 Å². The molecule has 0 spiro atoms. The first-order chi connectivity index (χ1) is 15.7. The minimum absolute atomic E-state index is 0.00185. The van der Waals surface area contributed by atoms with Crippen molar-refractivity contribution in [2.45, 2.75) is 52.4 Å². The summed E-state index contributed by atoms with van der Waals surface area (Å²) >= 11 is 0. The first kappa shape index (κ1) is 23.3. The van der Waals surface area contributed by atoms with Crippen LogP contribution in [0.3, 0.4) is 0 Å². The number of fused-ring (bicyclic) bond motifs is 1. The van der Waals surface area contributed by atoms with E-state index in [4.69, 9.17) is 9.47 Å². The number of rotatable bonds is 5. The van der Waals surface area contributed by atoms with Crippen molar-refractivity contribution in [3.05, 3.63) is 83.1 Å². The average molecular weight is 434 g/mol. The molecule has 3 aliphatic rings. The molecule has 0 atom stereocenters. The zero-order chi connectivity index (χ0) is 23.1. The zero-order valence-corrected chi connectivity index (χ0v) is 19.2. The van der Waals surface area contributed by atoms with Gasteiger partial charge in [-0.15, -0.1) is 0 Å². The van der Waals surface area contributed by atoms with Gasteiger partial charge in [0.25, 0.3) is 0 Å². The number of Topliss-reactive ketones (excluding diaryl/α,β-unsaturated/α-hetero) is 1. The molecular weight excluding hydrogens is 402 g/mol. The quantitative estimate of drug-likeness (QED) is 0.613. The largest absolute Gasteiger partial charge is 0.454 e. The summed E-state index contributed by atoms with van der Waals surface area (Å²) in [6, 6.07) is 14.9. The molecule has 0 aromatic heterocycles. The molecule has 0 radical (unpaired) electrons. The Bertz CT molecular complexity index is 1030. The Balaban J connectivity index is 0.000000686. The number of amides is 1. The van der Waals surface area contributed by atoms with Crippen LogP contribution in [0.15, 0.2) is 72.0 Å². The molecule has 5 nitrogen and oxygen atoms in total. The van der Waals surface area contributed by atoms with Gasteiger partial charge in [-0.05, 0) is 36.6 Å². The number of ketones is 1. The lowest BCUT2D eigenvalue weighted by molar-refractivity contribution is -0.122. The van der Waals surface area contributed by atoms with Gasteiger partial charge in [0.15, 0.2) is 17.3 Å². The van der Waals surface area contributed by atoms with Crippen LogP contribution in [0.5, 0.6) is 11.5 Å². The van der Waals surface area contributed by atoms with Gasteiger partial charge in [0.1, 0.15) is 0 Å². The summed E-state index contributed by atoms with van der Waals surface area (Å²) in [5.41, 5.74) is 2.54. The van der Waals surface area contributed by atoms with E-state index >= 15 is 0 Å². The molecule has 0 saturated heterocycles. The third-order valence-corrected chi connectivity index (χ3v) is 5.58. The Kier molecular flexibility index (Phi) is 7.52. The van der Waals surface area contributed by atoms with E-state index in [9.17, 15) is 9.59 Å². The van der Waals surface area contributed by atoms with Gasteiger partial charge in [0.05, 0.1) is 5.41 Å². The number of hydrogen-bond acceptors (Lipinski definition) is 4. The maximum Gasteiger partial charge on any atom is 0.234 e. The van der Waals surface area contributed by atoms with E-state index in [1.165, 1.54) is 0 Å². The highest BCUT2D eigenvalue weighted by Gasteiger charge is 2.52. The van der Waals surface area contributed by atoms with E-state index in [2.05, 4.69) is 5.32 Å². The third kappa shape index (κ3) is 4.62. The van der Waals surface area contributed by atoms with E-state index in [-0.39, 0.29) is 18.5 Å². The third-order valence-electron chi connectivity index (χ3n) is 5.58. The second-order valence-electron chi connectivity index (χ2n) is 7.36. The van der Waals surface area contributed by atoms with Gasteiger partial charge in [-0.2, -0.15) is 0 Å². The number of carbonyl (C=O) groups is 2. The predicted octanol–water partition coefficient (Wildman–Crippen LogP) is 5.71. The number of ether oxygens (including phenoxy) is 2. The predicted molar refractivity (Wildman–Crippen MR) is 126 cm³/mol. The first-order valence-corrected chi connectivity index (χ1v) is 11.4. The van der Waals surface area contributed by atoms with Gasteiger partial charge in [0.2, 0.25) is 12.7 Å². The maximum atomic E-state index is 13.0. The summed E-state index contributed by atoms with van der Waals surface area (Å²) in [6.07, 6.45) is 5.66. The lowest BCUT2D eigenvalue weighted by Crippen LogP contribution is -2.34. The molecule has 1 N–H and O–H groups in total. The average Bonchev–Trinajstić information content (AvgIpc) is 3.31. The highest BCUT2D eigenvalue weighted by molar-refractivity contribution is 6.09. The molecule has 32 heavy (non-hydrogen) atoms. The van der Waals surface area contributed by atoms with Gasteiger partial charge < -0.3 is 14.8 Å². The van der Waals surface area contributed by atoms with Crippen molar-refractivity contribution in [2.75, 3.05) is 6.79 Å². The van der Waals surface area contributed by atoms with Gasteiger partial charge >= 0.3 is 0 Å². The minimum atomic E-state index is -0.520. The molecule has 1 aliphatic heterocycles. The lowest BCUT2D eigenvalue weighted by Gasteiger charge is -2.17. The second kappa shape index (κ2) is 10.3. The minimum Gasteiger partial charge on any atom is -0.454 e. The summed E-state index contributed by atoms with van der Waals surface area (Å²) in [5.74, 6) is 1.37. The zero-order valence-electron chi connectivity index (χ0n) is 19.2. The van der Waals surface area contributed by atoms with E-state index in [1.54, 1.807) is 18.2 Å². The highest BCUT2D eigenvalue weighted by Crippen LogP contribution is 2.50. The molecule has 2 aromatic rings. The van der Waals surface area contributed by atoms with Crippen LogP contribution in [0.2, 0.25) is 0 Å². The van der Waals surface area contributed by atoms with Crippen molar-refractivity contribution >= 4 is 11.7 Å². The Morgan fingerprint density at radius 2 is 1.56 bits per heavy atom. The Hall–Kier alpha value is -3.34. The van der Waals surface area contributed by atoms with Crippen LogP contribution in [-0.4, -0.2) is 18.5 Å². The number of benzene rings is 2. The van der Waals surface area contributed by atoms with Crippen LogP contribution in [0, 0.1) is 0 Å². The molecule has 2 aliphatic carbocycles. The highest BCUT2D eigenvalue weighted by atomic mass is 16.7. The van der Waals surface area contributed by atoms with Crippen molar-refractivity contribution in [3.63, 3.8) is 0 Å². The number of carbonyl (C=O) groups excluding carboxylic acids is 2. The number of allylic oxidation sites excluding steroid dienone is 3.